The van der Waals surface area contributed by atoms with Crippen molar-refractivity contribution in [1.82, 2.24) is 0 Å². The van der Waals surface area contributed by atoms with Gasteiger partial charge in [0.05, 0.1) is 23.2 Å². The summed E-state index contributed by atoms with van der Waals surface area (Å²) >= 11 is 13.2. The third kappa shape index (κ3) is 11.2. The summed E-state index contributed by atoms with van der Waals surface area (Å²) in [6, 6.07) is 3.91. The Morgan fingerprint density at radius 1 is 0.643 bits per heavy atom. The fourth-order valence-corrected chi connectivity index (χ4v) is 12.3. The summed E-state index contributed by atoms with van der Waals surface area (Å²) in [5.74, 6) is -2.94. The number of carbonyl (C=O) groups excluding carboxylic acids is 2. The second-order valence-corrected chi connectivity index (χ2v) is 16.4. The molecule has 0 aromatic heterocycles. The molecule has 2 aromatic rings. The Kier molecular flexibility index (Phi) is 17.4. The van der Waals surface area contributed by atoms with Gasteiger partial charge in [0.2, 0.25) is 11.8 Å². The van der Waals surface area contributed by atoms with E-state index in [1.807, 2.05) is 26.0 Å². The summed E-state index contributed by atoms with van der Waals surface area (Å²) in [5.41, 5.74) is 3.24. The number of hydrogen-bond acceptors (Lipinski definition) is 4. The lowest BCUT2D eigenvalue weighted by Crippen LogP contribution is -2.19. The molecule has 42 heavy (non-hydrogen) atoms. The van der Waals surface area contributed by atoms with Gasteiger partial charge in [-0.05, 0) is 197 Å². The maximum absolute atomic E-state index is 12.8. The highest BCUT2D eigenvalue weighted by Gasteiger charge is 2.24. The monoisotopic (exact) mass is 1250 g/mol. The van der Waals surface area contributed by atoms with Gasteiger partial charge >= 0.3 is 11.9 Å². The molecule has 0 bridgehead atoms. The maximum atomic E-state index is 12.8. The van der Waals surface area contributed by atoms with E-state index in [9.17, 15) is 29.4 Å². The van der Waals surface area contributed by atoms with E-state index in [0.29, 0.717) is 49.9 Å². The Morgan fingerprint density at radius 2 is 0.976 bits per heavy atom. The summed E-state index contributed by atoms with van der Waals surface area (Å²) < 4.78 is 5.42. The minimum atomic E-state index is -0.826. The lowest BCUT2D eigenvalue weighted by molar-refractivity contribution is -0.142. The van der Waals surface area contributed by atoms with Crippen LogP contribution in [0.25, 0.3) is 0 Å². The molecule has 2 atom stereocenters. The van der Waals surface area contributed by atoms with Gasteiger partial charge in [0.1, 0.15) is 0 Å². The van der Waals surface area contributed by atoms with Gasteiger partial charge < -0.3 is 20.8 Å². The minimum Gasteiger partial charge on any atom is -0.481 e. The van der Waals surface area contributed by atoms with Crippen molar-refractivity contribution in [2.75, 3.05) is 10.6 Å². The van der Waals surface area contributed by atoms with Gasteiger partial charge in [0.15, 0.2) is 0 Å². The molecule has 0 radical (unpaired) electrons. The SMILES string of the molecule is CCC(Cc1c(I)cc(I)c(NC(=O)CCCCC(=O)Nc2c(I)cc(I)c(CC(CC)C(=O)O)c2I)c1I)C(=O)O. The van der Waals surface area contributed by atoms with Crippen LogP contribution in [-0.4, -0.2) is 34.0 Å². The highest BCUT2D eigenvalue weighted by atomic mass is 127. The Labute approximate surface area is 327 Å². The Morgan fingerprint density at radius 3 is 1.26 bits per heavy atom. The molecule has 0 aliphatic rings. The molecular formula is C28H30I6N2O6. The fourth-order valence-electron chi connectivity index (χ4n) is 4.15. The number of rotatable bonds is 15. The molecule has 2 rings (SSSR count). The zero-order chi connectivity index (χ0) is 31.7. The summed E-state index contributed by atoms with van der Waals surface area (Å²) in [6.07, 6.45) is 3.41. The molecule has 230 valence electrons. The summed E-state index contributed by atoms with van der Waals surface area (Å²) in [4.78, 5) is 48.8. The Balaban J connectivity index is 1.99. The first-order valence-corrected chi connectivity index (χ1v) is 19.6. The van der Waals surface area contributed by atoms with Gasteiger partial charge in [-0.15, -0.1) is 0 Å². The molecule has 0 spiro atoms. The first kappa shape index (κ1) is 38.9. The van der Waals surface area contributed by atoms with Crippen LogP contribution in [0.2, 0.25) is 0 Å². The number of anilines is 2. The summed E-state index contributed by atoms with van der Waals surface area (Å²) in [5, 5.41) is 25.0. The molecule has 2 unspecified atom stereocenters. The van der Waals surface area contributed by atoms with Crippen molar-refractivity contribution in [2.24, 2.45) is 11.8 Å². The number of unbranched alkanes of at least 4 members (excludes halogenated alkanes) is 1. The zero-order valence-corrected chi connectivity index (χ0v) is 35.7. The van der Waals surface area contributed by atoms with Crippen molar-refractivity contribution in [2.45, 2.75) is 65.2 Å². The normalized spacial score (nSPS) is 12.5. The molecule has 4 N–H and O–H groups in total. The van der Waals surface area contributed by atoms with E-state index in [1.54, 1.807) is 0 Å². The van der Waals surface area contributed by atoms with Crippen LogP contribution in [0.3, 0.4) is 0 Å². The zero-order valence-electron chi connectivity index (χ0n) is 22.8. The largest absolute Gasteiger partial charge is 0.481 e. The van der Waals surface area contributed by atoms with Gasteiger partial charge in [-0.25, -0.2) is 0 Å². The van der Waals surface area contributed by atoms with Crippen LogP contribution < -0.4 is 10.6 Å². The van der Waals surface area contributed by atoms with Crippen LogP contribution in [-0.2, 0) is 32.0 Å². The molecule has 2 amide bonds. The lowest BCUT2D eigenvalue weighted by Gasteiger charge is -2.18. The standard InChI is InChI=1S/C28H30I6N2O6/c1-3-13(27(39)40)9-15-17(29)11-19(31)25(23(15)33)35-21(37)7-5-6-8-22(38)36-26-20(32)12-18(30)16(24(26)34)10-14(4-2)28(41)42/h11-14H,3-10H2,1-2H3,(H,35,37)(H,36,38)(H,39,40)(H,41,42). The Hall–Kier alpha value is 0.700. The maximum Gasteiger partial charge on any atom is 0.306 e. The quantitative estimate of drug-likeness (QED) is 0.104. The second-order valence-electron chi connectivity index (χ2n) is 9.61. The van der Waals surface area contributed by atoms with Crippen molar-refractivity contribution >= 4 is 171 Å². The molecule has 0 aliphatic carbocycles. The molecular weight excluding hydrogens is 1220 g/mol. The number of amides is 2. The van der Waals surface area contributed by atoms with Gasteiger partial charge in [-0.1, -0.05) is 13.8 Å². The number of carboxylic acids is 2. The van der Waals surface area contributed by atoms with Gasteiger partial charge in [-0.2, -0.15) is 0 Å². The van der Waals surface area contributed by atoms with Crippen LogP contribution >= 0.6 is 136 Å². The third-order valence-corrected chi connectivity index (χ3v) is 12.7. The molecule has 0 saturated heterocycles. The van der Waals surface area contributed by atoms with E-state index in [-0.39, 0.29) is 24.7 Å². The van der Waals surface area contributed by atoms with Crippen molar-refractivity contribution in [3.8, 4) is 0 Å². The number of nitrogens with one attached hydrogen (secondary N) is 2. The van der Waals surface area contributed by atoms with Crippen molar-refractivity contribution in [3.05, 3.63) is 44.7 Å². The molecule has 8 nitrogen and oxygen atoms in total. The van der Waals surface area contributed by atoms with Crippen LogP contribution in [0, 0.1) is 33.3 Å². The topological polar surface area (TPSA) is 133 Å². The molecule has 0 saturated carbocycles. The van der Waals surface area contributed by atoms with E-state index in [1.165, 1.54) is 0 Å². The Bertz CT molecular complexity index is 1250. The van der Waals surface area contributed by atoms with Crippen molar-refractivity contribution in [1.29, 1.82) is 0 Å². The average molecular weight is 1250 g/mol. The minimum absolute atomic E-state index is 0.154. The highest BCUT2D eigenvalue weighted by molar-refractivity contribution is 14.1. The predicted octanol–water partition coefficient (Wildman–Crippen LogP) is 8.76. The van der Waals surface area contributed by atoms with Crippen LogP contribution in [0.1, 0.15) is 63.5 Å². The first-order valence-electron chi connectivity index (χ1n) is 13.1. The molecule has 14 heteroatoms. The number of aliphatic carboxylic acids is 2. The highest BCUT2D eigenvalue weighted by Crippen LogP contribution is 2.35. The van der Waals surface area contributed by atoms with Crippen molar-refractivity contribution in [3.63, 3.8) is 0 Å². The predicted molar refractivity (Wildman–Crippen MR) is 215 cm³/mol. The molecule has 0 aliphatic heterocycles. The van der Waals surface area contributed by atoms with Crippen LogP contribution in [0.15, 0.2) is 12.1 Å². The van der Waals surface area contributed by atoms with Crippen LogP contribution in [0.5, 0.6) is 0 Å². The molecule has 0 fully saturated rings. The van der Waals surface area contributed by atoms with E-state index >= 15 is 0 Å². The van der Waals surface area contributed by atoms with Gasteiger partial charge in [-0.3, -0.25) is 19.2 Å². The first-order chi connectivity index (χ1) is 19.7. The van der Waals surface area contributed by atoms with Crippen LogP contribution in [0.4, 0.5) is 11.4 Å². The summed E-state index contributed by atoms with van der Waals surface area (Å²) in [7, 11) is 0. The average Bonchev–Trinajstić information content (AvgIpc) is 2.91. The van der Waals surface area contributed by atoms with E-state index in [2.05, 4.69) is 146 Å². The number of carboxylic acid groups (broad SMARTS) is 2. The smallest absolute Gasteiger partial charge is 0.306 e. The molecule has 0 heterocycles. The third-order valence-electron chi connectivity index (χ3n) is 6.70. The van der Waals surface area contributed by atoms with Gasteiger partial charge in [0.25, 0.3) is 0 Å². The number of halogens is 6. The number of carbonyl (C=O) groups is 4. The van der Waals surface area contributed by atoms with E-state index in [4.69, 9.17) is 0 Å². The summed E-state index contributed by atoms with van der Waals surface area (Å²) in [6.45, 7) is 3.72. The van der Waals surface area contributed by atoms with E-state index < -0.39 is 23.8 Å². The lowest BCUT2D eigenvalue weighted by atomic mass is 9.97. The fraction of sp³-hybridized carbons (Fsp3) is 0.429. The second kappa shape index (κ2) is 18.7. The van der Waals surface area contributed by atoms with Crippen molar-refractivity contribution < 1.29 is 29.4 Å². The van der Waals surface area contributed by atoms with E-state index in [0.717, 1.165) is 32.5 Å². The number of hydrogen-bond donors (Lipinski definition) is 4. The number of benzene rings is 2. The van der Waals surface area contributed by atoms with Gasteiger partial charge in [0, 0.05) is 34.3 Å². The molecule has 2 aromatic carbocycles.